The van der Waals surface area contributed by atoms with Crippen LogP contribution in [0.15, 0.2) is 0 Å². The molecule has 0 radical (unpaired) electrons. The van der Waals surface area contributed by atoms with Gasteiger partial charge in [0.05, 0.1) is 0 Å². The van der Waals surface area contributed by atoms with Gasteiger partial charge in [-0.25, -0.2) is 0 Å². The van der Waals surface area contributed by atoms with Crippen LogP contribution in [-0.2, 0) is 9.22 Å². The van der Waals surface area contributed by atoms with Crippen LogP contribution < -0.4 is 0 Å². The standard InChI is InChI=1S/C9H19ClO2Si/c1-9(2,3)7(10)8(11)12-13(4,5)6/h7H,1-6H3. The quantitative estimate of drug-likeness (QED) is 0.531. The third kappa shape index (κ3) is 5.31. The second kappa shape index (κ2) is 4.01. The second-order valence-electron chi connectivity index (χ2n) is 5.26. The fourth-order valence-corrected chi connectivity index (χ4v) is 1.55. The number of hydrogen-bond acceptors (Lipinski definition) is 2. The molecule has 0 heterocycles. The molecule has 0 aliphatic heterocycles. The monoisotopic (exact) mass is 222 g/mol. The summed E-state index contributed by atoms with van der Waals surface area (Å²) in [6.45, 7) is 11.7. The Bertz CT molecular complexity index is 191. The van der Waals surface area contributed by atoms with E-state index in [1.807, 2.05) is 40.4 Å². The minimum absolute atomic E-state index is 0.238. The minimum Gasteiger partial charge on any atom is -0.519 e. The molecule has 0 N–H and O–H groups in total. The van der Waals surface area contributed by atoms with E-state index in [-0.39, 0.29) is 11.4 Å². The first-order chi connectivity index (χ1) is 5.54. The molecular formula is C9H19ClO2Si. The summed E-state index contributed by atoms with van der Waals surface area (Å²) in [5, 5.41) is -0.556. The highest BCUT2D eigenvalue weighted by Crippen LogP contribution is 2.26. The molecule has 0 spiro atoms. The number of halogens is 1. The lowest BCUT2D eigenvalue weighted by molar-refractivity contribution is -0.136. The molecule has 0 bridgehead atoms. The normalized spacial score (nSPS) is 15.3. The van der Waals surface area contributed by atoms with Gasteiger partial charge in [0.25, 0.3) is 0 Å². The topological polar surface area (TPSA) is 26.3 Å². The van der Waals surface area contributed by atoms with Crippen LogP contribution in [0.2, 0.25) is 19.6 Å². The van der Waals surface area contributed by atoms with E-state index in [0.717, 1.165) is 0 Å². The smallest absolute Gasteiger partial charge is 0.311 e. The molecule has 1 atom stereocenters. The molecule has 2 nitrogen and oxygen atoms in total. The van der Waals surface area contributed by atoms with E-state index >= 15 is 0 Å². The number of carbonyl (C=O) groups is 1. The number of rotatable bonds is 2. The number of carbonyl (C=O) groups excluding carboxylic acids is 1. The van der Waals surface area contributed by atoms with E-state index in [0.29, 0.717) is 0 Å². The van der Waals surface area contributed by atoms with Gasteiger partial charge in [-0.1, -0.05) is 20.8 Å². The zero-order valence-electron chi connectivity index (χ0n) is 9.27. The molecule has 0 amide bonds. The average molecular weight is 223 g/mol. The lowest BCUT2D eigenvalue weighted by Gasteiger charge is -2.27. The van der Waals surface area contributed by atoms with Crippen LogP contribution >= 0.6 is 11.6 Å². The van der Waals surface area contributed by atoms with Gasteiger partial charge in [0.15, 0.2) is 0 Å². The summed E-state index contributed by atoms with van der Waals surface area (Å²) < 4.78 is 5.29. The Morgan fingerprint density at radius 1 is 1.31 bits per heavy atom. The molecule has 4 heteroatoms. The second-order valence-corrected chi connectivity index (χ2v) is 10.1. The lowest BCUT2D eigenvalue weighted by Crippen LogP contribution is -2.38. The van der Waals surface area contributed by atoms with Crippen LogP contribution in [-0.4, -0.2) is 19.7 Å². The van der Waals surface area contributed by atoms with Crippen molar-refractivity contribution in [3.63, 3.8) is 0 Å². The summed E-state index contributed by atoms with van der Waals surface area (Å²) in [7, 11) is -1.80. The van der Waals surface area contributed by atoms with Gasteiger partial charge >= 0.3 is 5.97 Å². The van der Waals surface area contributed by atoms with E-state index in [2.05, 4.69) is 0 Å². The van der Waals surface area contributed by atoms with Gasteiger partial charge in [-0.15, -0.1) is 11.6 Å². The molecular weight excluding hydrogens is 204 g/mol. The summed E-state index contributed by atoms with van der Waals surface area (Å²) in [5.74, 6) is -0.284. The maximum absolute atomic E-state index is 11.5. The first-order valence-corrected chi connectivity index (χ1v) is 8.25. The van der Waals surface area contributed by atoms with Crippen molar-refractivity contribution in [3.8, 4) is 0 Å². The van der Waals surface area contributed by atoms with Crippen LogP contribution in [0.4, 0.5) is 0 Å². The van der Waals surface area contributed by atoms with Crippen molar-refractivity contribution in [2.24, 2.45) is 5.41 Å². The van der Waals surface area contributed by atoms with Crippen LogP contribution in [0.1, 0.15) is 20.8 Å². The molecule has 0 aromatic heterocycles. The Morgan fingerprint density at radius 2 is 1.69 bits per heavy atom. The van der Waals surface area contributed by atoms with Crippen LogP contribution in [0.25, 0.3) is 0 Å². The third-order valence-corrected chi connectivity index (χ3v) is 3.02. The van der Waals surface area contributed by atoms with Crippen molar-refractivity contribution in [2.45, 2.75) is 45.8 Å². The van der Waals surface area contributed by atoms with Gasteiger partial charge in [0, 0.05) is 0 Å². The SMILES string of the molecule is CC(C)(C)C(Cl)C(=O)O[Si](C)(C)C. The van der Waals surface area contributed by atoms with E-state index in [4.69, 9.17) is 16.0 Å². The van der Waals surface area contributed by atoms with Gasteiger partial charge in [0.1, 0.15) is 5.38 Å². The first-order valence-electron chi connectivity index (χ1n) is 4.41. The summed E-state index contributed by atoms with van der Waals surface area (Å²) in [4.78, 5) is 11.5. The van der Waals surface area contributed by atoms with E-state index in [1.165, 1.54) is 0 Å². The summed E-state index contributed by atoms with van der Waals surface area (Å²) in [5.41, 5.74) is -0.238. The highest BCUT2D eigenvalue weighted by atomic mass is 35.5. The number of hydrogen-bond donors (Lipinski definition) is 0. The van der Waals surface area contributed by atoms with E-state index < -0.39 is 13.7 Å². The fourth-order valence-electron chi connectivity index (χ4n) is 0.707. The molecule has 1 unspecified atom stereocenters. The largest absolute Gasteiger partial charge is 0.519 e. The van der Waals surface area contributed by atoms with Gasteiger partial charge < -0.3 is 4.43 Å². The fraction of sp³-hybridized carbons (Fsp3) is 0.889. The predicted octanol–water partition coefficient (Wildman–Crippen LogP) is 3.02. The predicted molar refractivity (Wildman–Crippen MR) is 58.5 cm³/mol. The molecule has 0 aliphatic rings. The molecule has 78 valence electrons. The first kappa shape index (κ1) is 13.0. The highest BCUT2D eigenvalue weighted by Gasteiger charge is 2.33. The zero-order chi connectivity index (χ0) is 10.9. The van der Waals surface area contributed by atoms with Gasteiger partial charge in [-0.2, -0.15) is 0 Å². The van der Waals surface area contributed by atoms with Crippen molar-refractivity contribution < 1.29 is 9.22 Å². The van der Waals surface area contributed by atoms with Crippen LogP contribution in [0.3, 0.4) is 0 Å². The Hall–Kier alpha value is -0.0231. The molecule has 0 aliphatic carbocycles. The highest BCUT2D eigenvalue weighted by molar-refractivity contribution is 6.71. The molecule has 0 rings (SSSR count). The average Bonchev–Trinajstić information content (AvgIpc) is 1.79. The van der Waals surface area contributed by atoms with Crippen molar-refractivity contribution in [2.75, 3.05) is 0 Å². The molecule has 0 aromatic rings. The van der Waals surface area contributed by atoms with Gasteiger partial charge in [0.2, 0.25) is 8.32 Å². The Kier molecular flexibility index (Phi) is 4.00. The number of alkyl halides is 1. The van der Waals surface area contributed by atoms with Crippen LogP contribution in [0.5, 0.6) is 0 Å². The van der Waals surface area contributed by atoms with Gasteiger partial charge in [-0.05, 0) is 25.1 Å². The Balaban J connectivity index is 4.30. The van der Waals surface area contributed by atoms with Crippen molar-refractivity contribution in [1.29, 1.82) is 0 Å². The Labute approximate surface area is 86.7 Å². The maximum Gasteiger partial charge on any atom is 0.311 e. The zero-order valence-corrected chi connectivity index (χ0v) is 11.0. The van der Waals surface area contributed by atoms with E-state index in [1.54, 1.807) is 0 Å². The van der Waals surface area contributed by atoms with Crippen molar-refractivity contribution in [1.82, 2.24) is 0 Å². The Morgan fingerprint density at radius 3 is 1.92 bits per heavy atom. The molecule has 0 fully saturated rings. The molecule has 0 aromatic carbocycles. The van der Waals surface area contributed by atoms with Gasteiger partial charge in [-0.3, -0.25) is 4.79 Å². The lowest BCUT2D eigenvalue weighted by atomic mass is 9.92. The minimum atomic E-state index is -1.80. The van der Waals surface area contributed by atoms with Crippen molar-refractivity contribution in [3.05, 3.63) is 0 Å². The molecule has 0 saturated heterocycles. The van der Waals surface area contributed by atoms with Crippen LogP contribution in [0, 0.1) is 5.41 Å². The van der Waals surface area contributed by atoms with Crippen molar-refractivity contribution >= 4 is 25.9 Å². The molecule has 0 saturated carbocycles. The third-order valence-electron chi connectivity index (χ3n) is 1.37. The molecule has 13 heavy (non-hydrogen) atoms. The summed E-state index contributed by atoms with van der Waals surface area (Å²) >= 11 is 5.96. The maximum atomic E-state index is 11.5. The van der Waals surface area contributed by atoms with E-state index in [9.17, 15) is 4.79 Å². The summed E-state index contributed by atoms with van der Waals surface area (Å²) in [6.07, 6.45) is 0. The summed E-state index contributed by atoms with van der Waals surface area (Å²) in [6, 6.07) is 0.